The average Bonchev–Trinajstić information content (AvgIpc) is 2.49. The van der Waals surface area contributed by atoms with Gasteiger partial charge in [0.15, 0.2) is 0 Å². The molecule has 10 heteroatoms. The predicted molar refractivity (Wildman–Crippen MR) is 76.7 cm³/mol. The van der Waals surface area contributed by atoms with Crippen LogP contribution < -0.4 is 5.32 Å². The van der Waals surface area contributed by atoms with Crippen molar-refractivity contribution in [1.82, 2.24) is 10.2 Å². The third-order valence-electron chi connectivity index (χ3n) is 3.18. The second-order valence-electron chi connectivity index (χ2n) is 4.64. The standard InChI is InChI=1S/C13H11N3O6S/c14-4-3-7(17)15-9-11(20)16-10(13(21)22)6(1-2-8(18)19)5-23-12(9)16/h1-2,9,12H,3,5H2,(H,15,17)(H,18,19)(H,21,22)/t9?,12-/m1/s1. The summed E-state index contributed by atoms with van der Waals surface area (Å²) in [6.07, 6.45) is 1.55. The Bertz CT molecular complexity index is 692. The third-order valence-corrected chi connectivity index (χ3v) is 4.49. The van der Waals surface area contributed by atoms with E-state index in [2.05, 4.69) is 5.32 Å². The van der Waals surface area contributed by atoms with Crippen molar-refractivity contribution in [3.8, 4) is 6.07 Å². The van der Waals surface area contributed by atoms with E-state index in [1.54, 1.807) is 6.07 Å². The van der Waals surface area contributed by atoms with Gasteiger partial charge in [-0.05, 0) is 11.6 Å². The highest BCUT2D eigenvalue weighted by atomic mass is 32.2. The highest BCUT2D eigenvalue weighted by Gasteiger charge is 2.53. The number of carbonyl (C=O) groups is 4. The van der Waals surface area contributed by atoms with Crippen LogP contribution in [0.2, 0.25) is 0 Å². The molecule has 0 aliphatic carbocycles. The number of amides is 2. The molecule has 1 unspecified atom stereocenters. The van der Waals surface area contributed by atoms with Crippen molar-refractivity contribution < 1.29 is 29.4 Å². The van der Waals surface area contributed by atoms with Crippen LogP contribution >= 0.6 is 11.8 Å². The summed E-state index contributed by atoms with van der Waals surface area (Å²) in [6, 6.07) is 0.769. The number of allylic oxidation sites excluding steroid dienone is 1. The molecule has 0 aromatic rings. The van der Waals surface area contributed by atoms with Gasteiger partial charge in [0.1, 0.15) is 23.5 Å². The molecule has 2 amide bonds. The fraction of sp³-hybridized carbons (Fsp3) is 0.308. The van der Waals surface area contributed by atoms with Crippen molar-refractivity contribution in [3.63, 3.8) is 0 Å². The SMILES string of the molecule is N#CCC(=O)NC1C(=O)N2C(C(=O)O)=C(C=CC(=O)O)CS[C@H]12. The largest absolute Gasteiger partial charge is 0.478 e. The first kappa shape index (κ1) is 16.6. The van der Waals surface area contributed by atoms with Crippen molar-refractivity contribution in [2.24, 2.45) is 0 Å². The molecule has 2 aliphatic heterocycles. The Morgan fingerprint density at radius 1 is 1.43 bits per heavy atom. The minimum absolute atomic E-state index is 0.185. The Morgan fingerprint density at radius 2 is 2.13 bits per heavy atom. The molecule has 2 atom stereocenters. The van der Waals surface area contributed by atoms with Crippen LogP contribution in [0.5, 0.6) is 0 Å². The van der Waals surface area contributed by atoms with Crippen LogP contribution in [-0.2, 0) is 19.2 Å². The number of nitriles is 1. The summed E-state index contributed by atoms with van der Waals surface area (Å²) in [4.78, 5) is 46.5. The minimum Gasteiger partial charge on any atom is -0.478 e. The van der Waals surface area contributed by atoms with Crippen molar-refractivity contribution in [2.75, 3.05) is 5.75 Å². The predicted octanol–water partition coefficient (Wildman–Crippen LogP) is -0.721. The van der Waals surface area contributed by atoms with Gasteiger partial charge in [0.2, 0.25) is 5.91 Å². The molecule has 0 saturated carbocycles. The topological polar surface area (TPSA) is 148 Å². The molecule has 0 radical (unpaired) electrons. The van der Waals surface area contributed by atoms with E-state index in [0.717, 1.165) is 17.1 Å². The summed E-state index contributed by atoms with van der Waals surface area (Å²) in [5, 5.41) is 28.2. The Morgan fingerprint density at radius 3 is 2.70 bits per heavy atom. The van der Waals surface area contributed by atoms with Gasteiger partial charge in [0, 0.05) is 11.8 Å². The zero-order valence-electron chi connectivity index (χ0n) is 11.6. The van der Waals surface area contributed by atoms with Gasteiger partial charge < -0.3 is 15.5 Å². The first-order valence-corrected chi connectivity index (χ1v) is 7.40. The number of rotatable bonds is 5. The van der Waals surface area contributed by atoms with E-state index in [1.165, 1.54) is 11.8 Å². The molecule has 0 aromatic heterocycles. The molecule has 0 bridgehead atoms. The van der Waals surface area contributed by atoms with E-state index in [4.69, 9.17) is 10.4 Å². The van der Waals surface area contributed by atoms with Gasteiger partial charge in [0.25, 0.3) is 5.91 Å². The van der Waals surface area contributed by atoms with Crippen LogP contribution in [0.3, 0.4) is 0 Å². The first-order chi connectivity index (χ1) is 10.9. The Labute approximate surface area is 134 Å². The normalized spacial score (nSPS) is 23.1. The number of carboxylic acid groups (broad SMARTS) is 2. The number of thioether (sulfide) groups is 1. The molecule has 2 aliphatic rings. The van der Waals surface area contributed by atoms with E-state index < -0.39 is 41.6 Å². The van der Waals surface area contributed by atoms with Gasteiger partial charge in [-0.3, -0.25) is 14.5 Å². The number of nitrogens with one attached hydrogen (secondary N) is 1. The number of aliphatic carboxylic acids is 2. The fourth-order valence-corrected chi connectivity index (χ4v) is 3.56. The van der Waals surface area contributed by atoms with E-state index in [9.17, 15) is 24.3 Å². The summed E-state index contributed by atoms with van der Waals surface area (Å²) in [5.74, 6) is -3.61. The molecule has 1 fully saturated rings. The summed E-state index contributed by atoms with van der Waals surface area (Å²) >= 11 is 1.21. The maximum Gasteiger partial charge on any atom is 0.352 e. The summed E-state index contributed by atoms with van der Waals surface area (Å²) in [7, 11) is 0. The van der Waals surface area contributed by atoms with Crippen molar-refractivity contribution in [1.29, 1.82) is 5.26 Å². The zero-order chi connectivity index (χ0) is 17.1. The molecule has 3 N–H and O–H groups in total. The highest BCUT2D eigenvalue weighted by Crippen LogP contribution is 2.40. The highest BCUT2D eigenvalue weighted by molar-refractivity contribution is 8.00. The molecule has 0 spiro atoms. The molecule has 1 saturated heterocycles. The fourth-order valence-electron chi connectivity index (χ4n) is 2.24. The molecule has 2 rings (SSSR count). The molecule has 23 heavy (non-hydrogen) atoms. The lowest BCUT2D eigenvalue weighted by molar-refractivity contribution is -0.150. The van der Waals surface area contributed by atoms with Gasteiger partial charge in [-0.1, -0.05) is 0 Å². The molecule has 120 valence electrons. The van der Waals surface area contributed by atoms with Crippen LogP contribution in [0, 0.1) is 11.3 Å². The number of fused-ring (bicyclic) bond motifs is 1. The second-order valence-corrected chi connectivity index (χ2v) is 5.75. The quantitative estimate of drug-likeness (QED) is 0.440. The Hall–Kier alpha value is -2.80. The van der Waals surface area contributed by atoms with E-state index >= 15 is 0 Å². The summed E-state index contributed by atoms with van der Waals surface area (Å²) in [6.45, 7) is 0. The van der Waals surface area contributed by atoms with Crippen molar-refractivity contribution >= 4 is 35.5 Å². The summed E-state index contributed by atoms with van der Waals surface area (Å²) in [5.41, 5.74) is -0.0849. The number of β-lactam (4-membered cyclic amide) rings is 1. The van der Waals surface area contributed by atoms with Gasteiger partial charge in [-0.15, -0.1) is 11.8 Å². The zero-order valence-corrected chi connectivity index (χ0v) is 12.4. The van der Waals surface area contributed by atoms with Crippen LogP contribution in [0.1, 0.15) is 6.42 Å². The number of hydrogen-bond donors (Lipinski definition) is 3. The molecular formula is C13H11N3O6S. The maximum atomic E-state index is 12.1. The van der Waals surface area contributed by atoms with Crippen LogP contribution in [0.4, 0.5) is 0 Å². The lowest BCUT2D eigenvalue weighted by Gasteiger charge is -2.49. The van der Waals surface area contributed by atoms with Crippen LogP contribution in [0.15, 0.2) is 23.4 Å². The van der Waals surface area contributed by atoms with E-state index in [1.807, 2.05) is 0 Å². The molecule has 9 nitrogen and oxygen atoms in total. The third kappa shape index (κ3) is 3.19. The maximum absolute atomic E-state index is 12.1. The number of carbonyl (C=O) groups excluding carboxylic acids is 2. The van der Waals surface area contributed by atoms with Crippen molar-refractivity contribution in [2.45, 2.75) is 17.8 Å². The van der Waals surface area contributed by atoms with Gasteiger partial charge in [0.05, 0.1) is 6.07 Å². The summed E-state index contributed by atoms with van der Waals surface area (Å²) < 4.78 is 0. The molecule has 0 aromatic carbocycles. The van der Waals surface area contributed by atoms with E-state index in [0.29, 0.717) is 0 Å². The Balaban J connectivity index is 2.23. The van der Waals surface area contributed by atoms with Crippen molar-refractivity contribution in [3.05, 3.63) is 23.4 Å². The van der Waals surface area contributed by atoms with Gasteiger partial charge in [-0.2, -0.15) is 5.26 Å². The van der Waals surface area contributed by atoms with Crippen LogP contribution in [0.25, 0.3) is 0 Å². The second kappa shape index (κ2) is 6.53. The lowest BCUT2D eigenvalue weighted by atomic mass is 10.0. The first-order valence-electron chi connectivity index (χ1n) is 6.35. The number of carboxylic acids is 2. The Kier molecular flexibility index (Phi) is 4.71. The number of nitrogens with zero attached hydrogens (tertiary/aromatic N) is 2. The molecule has 2 heterocycles. The van der Waals surface area contributed by atoms with Gasteiger partial charge in [-0.25, -0.2) is 9.59 Å². The monoisotopic (exact) mass is 337 g/mol. The molecular weight excluding hydrogens is 326 g/mol. The van der Waals surface area contributed by atoms with Crippen LogP contribution in [-0.4, -0.2) is 56.0 Å². The average molecular weight is 337 g/mol. The lowest BCUT2D eigenvalue weighted by Crippen LogP contribution is -2.70. The smallest absolute Gasteiger partial charge is 0.352 e. The number of hydrogen-bond acceptors (Lipinski definition) is 6. The van der Waals surface area contributed by atoms with E-state index in [-0.39, 0.29) is 17.0 Å². The van der Waals surface area contributed by atoms with Gasteiger partial charge >= 0.3 is 11.9 Å². The minimum atomic E-state index is -1.35.